The summed E-state index contributed by atoms with van der Waals surface area (Å²) in [7, 11) is -3.21. The van der Waals surface area contributed by atoms with Crippen LogP contribution in [0.1, 0.15) is 23.2 Å². The zero-order valence-corrected chi connectivity index (χ0v) is 15.5. The molecule has 0 spiro atoms. The Labute approximate surface area is 158 Å². The summed E-state index contributed by atoms with van der Waals surface area (Å²) in [6.45, 7) is 1.91. The molecule has 1 amide bonds. The van der Waals surface area contributed by atoms with Crippen LogP contribution in [0, 0.1) is 0 Å². The van der Waals surface area contributed by atoms with E-state index in [4.69, 9.17) is 0 Å². The lowest BCUT2D eigenvalue weighted by Gasteiger charge is -2.19. The van der Waals surface area contributed by atoms with E-state index in [-0.39, 0.29) is 11.7 Å². The summed E-state index contributed by atoms with van der Waals surface area (Å²) in [5.41, 5.74) is 2.02. The van der Waals surface area contributed by atoms with Crippen molar-refractivity contribution in [2.45, 2.75) is 18.9 Å². The van der Waals surface area contributed by atoms with Crippen LogP contribution in [0.3, 0.4) is 0 Å². The van der Waals surface area contributed by atoms with Crippen LogP contribution < -0.4 is 10.2 Å². The molecule has 8 heteroatoms. The highest BCUT2D eigenvalue weighted by molar-refractivity contribution is 7.94. The third-order valence-corrected chi connectivity index (χ3v) is 6.12. The number of hydrogen-bond acceptors (Lipinski definition) is 6. The number of carbonyl (C=O) groups excluding carboxylic acids is 1. The normalized spacial score (nSPS) is 20.7. The number of carbonyl (C=O) groups is 1. The number of nitrogens with one attached hydrogen (secondary N) is 1. The SMILES string of the molecule is O=C(N[C@H]1C=CS(=O)(=O)C1)c1cccc(-c2nccnc2N2CCCC2)c1. The third kappa shape index (κ3) is 3.85. The maximum absolute atomic E-state index is 12.6. The Morgan fingerprint density at radius 1 is 1.15 bits per heavy atom. The van der Waals surface area contributed by atoms with Crippen LogP contribution in [0.4, 0.5) is 5.82 Å². The fourth-order valence-corrected chi connectivity index (χ4v) is 4.66. The molecule has 2 aliphatic heterocycles. The van der Waals surface area contributed by atoms with Gasteiger partial charge in [-0.25, -0.2) is 13.4 Å². The third-order valence-electron chi connectivity index (χ3n) is 4.73. The number of sulfone groups is 1. The molecule has 0 bridgehead atoms. The predicted molar refractivity (Wildman–Crippen MR) is 103 cm³/mol. The van der Waals surface area contributed by atoms with Crippen molar-refractivity contribution in [1.82, 2.24) is 15.3 Å². The Balaban J connectivity index is 1.58. The van der Waals surface area contributed by atoms with Gasteiger partial charge >= 0.3 is 0 Å². The number of nitrogens with zero attached hydrogens (tertiary/aromatic N) is 3. The van der Waals surface area contributed by atoms with Gasteiger partial charge in [0.05, 0.1) is 11.8 Å². The standard InChI is InChI=1S/C19H20N4O3S/c24-19(22-16-6-11-27(25,26)13-16)15-5-3-4-14(12-15)17-18(21-8-7-20-17)23-9-1-2-10-23/h3-8,11-12,16H,1-2,9-10,13H2,(H,22,24)/t16-/m0/s1. The lowest BCUT2D eigenvalue weighted by atomic mass is 10.1. The highest BCUT2D eigenvalue weighted by atomic mass is 32.2. The number of hydrogen-bond donors (Lipinski definition) is 1. The molecule has 1 N–H and O–H groups in total. The van der Waals surface area contributed by atoms with E-state index >= 15 is 0 Å². The van der Waals surface area contributed by atoms with Gasteiger partial charge in [-0.2, -0.15) is 0 Å². The molecule has 0 unspecified atom stereocenters. The second kappa shape index (κ2) is 7.11. The Kier molecular flexibility index (Phi) is 4.65. The van der Waals surface area contributed by atoms with Gasteiger partial charge < -0.3 is 10.2 Å². The van der Waals surface area contributed by atoms with Crippen molar-refractivity contribution >= 4 is 21.6 Å². The van der Waals surface area contributed by atoms with Crippen LogP contribution in [0.5, 0.6) is 0 Å². The zero-order chi connectivity index (χ0) is 18.9. The average Bonchev–Trinajstić information content (AvgIpc) is 3.31. The molecule has 140 valence electrons. The highest BCUT2D eigenvalue weighted by Crippen LogP contribution is 2.29. The van der Waals surface area contributed by atoms with Crippen LogP contribution in [-0.4, -0.2) is 49.2 Å². The lowest BCUT2D eigenvalue weighted by Crippen LogP contribution is -2.35. The summed E-state index contributed by atoms with van der Waals surface area (Å²) in [5.74, 6) is 0.425. The fourth-order valence-electron chi connectivity index (χ4n) is 3.42. The minimum Gasteiger partial charge on any atom is -0.355 e. The molecule has 3 heterocycles. The molecule has 4 rings (SSSR count). The van der Waals surface area contributed by atoms with Crippen molar-refractivity contribution in [3.63, 3.8) is 0 Å². The molecule has 7 nitrogen and oxygen atoms in total. The molecule has 2 aromatic rings. The quantitative estimate of drug-likeness (QED) is 0.864. The number of aromatic nitrogens is 2. The molecule has 1 saturated heterocycles. The van der Waals surface area contributed by atoms with E-state index < -0.39 is 15.9 Å². The molecular formula is C19H20N4O3S. The van der Waals surface area contributed by atoms with Gasteiger partial charge in [-0.3, -0.25) is 9.78 Å². The van der Waals surface area contributed by atoms with Crippen molar-refractivity contribution in [3.05, 3.63) is 53.7 Å². The zero-order valence-electron chi connectivity index (χ0n) is 14.7. The highest BCUT2D eigenvalue weighted by Gasteiger charge is 2.24. The number of rotatable bonds is 4. The molecule has 1 atom stereocenters. The molecule has 2 aliphatic rings. The first-order valence-corrected chi connectivity index (χ1v) is 10.6. The topological polar surface area (TPSA) is 92.3 Å². The molecule has 27 heavy (non-hydrogen) atoms. The Bertz CT molecular complexity index is 998. The van der Waals surface area contributed by atoms with E-state index in [0.29, 0.717) is 5.56 Å². The average molecular weight is 384 g/mol. The molecule has 1 fully saturated rings. The van der Waals surface area contributed by atoms with E-state index in [1.807, 2.05) is 6.07 Å². The maximum Gasteiger partial charge on any atom is 0.251 e. The smallest absolute Gasteiger partial charge is 0.251 e. The van der Waals surface area contributed by atoms with Gasteiger partial charge in [-0.1, -0.05) is 12.1 Å². The van der Waals surface area contributed by atoms with Crippen molar-refractivity contribution in [2.24, 2.45) is 0 Å². The van der Waals surface area contributed by atoms with Crippen molar-refractivity contribution < 1.29 is 13.2 Å². The molecule has 1 aromatic heterocycles. The first-order valence-electron chi connectivity index (χ1n) is 8.90. The summed E-state index contributed by atoms with van der Waals surface area (Å²) < 4.78 is 23.0. The van der Waals surface area contributed by atoms with Crippen LogP contribution in [0.15, 0.2) is 48.1 Å². The van der Waals surface area contributed by atoms with E-state index in [1.54, 1.807) is 30.6 Å². The summed E-state index contributed by atoms with van der Waals surface area (Å²) >= 11 is 0. The van der Waals surface area contributed by atoms with Crippen LogP contribution in [0.25, 0.3) is 11.3 Å². The van der Waals surface area contributed by atoms with Gasteiger partial charge in [0.25, 0.3) is 5.91 Å². The monoisotopic (exact) mass is 384 g/mol. The summed E-state index contributed by atoms with van der Waals surface area (Å²) in [6.07, 6.45) is 7.11. The first-order chi connectivity index (χ1) is 13.0. The van der Waals surface area contributed by atoms with Crippen LogP contribution in [0.2, 0.25) is 0 Å². The van der Waals surface area contributed by atoms with Crippen molar-refractivity contribution in [1.29, 1.82) is 0 Å². The van der Waals surface area contributed by atoms with E-state index in [0.717, 1.165) is 48.4 Å². The second-order valence-electron chi connectivity index (χ2n) is 6.74. The Morgan fingerprint density at radius 2 is 1.93 bits per heavy atom. The van der Waals surface area contributed by atoms with E-state index in [2.05, 4.69) is 20.2 Å². The second-order valence-corrected chi connectivity index (χ2v) is 8.67. The maximum atomic E-state index is 12.6. The number of benzene rings is 1. The molecular weight excluding hydrogens is 364 g/mol. The number of amides is 1. The Hall–Kier alpha value is -2.74. The largest absolute Gasteiger partial charge is 0.355 e. The fraction of sp³-hybridized carbons (Fsp3) is 0.316. The van der Waals surface area contributed by atoms with Crippen LogP contribution >= 0.6 is 0 Å². The van der Waals surface area contributed by atoms with Crippen LogP contribution in [-0.2, 0) is 9.84 Å². The van der Waals surface area contributed by atoms with Crippen molar-refractivity contribution in [2.75, 3.05) is 23.7 Å². The first kappa shape index (κ1) is 17.7. The number of anilines is 1. The summed E-state index contributed by atoms with van der Waals surface area (Å²) in [6, 6.07) is 6.68. The van der Waals surface area contributed by atoms with E-state index in [1.165, 1.54) is 6.08 Å². The van der Waals surface area contributed by atoms with Gasteiger partial charge in [0.2, 0.25) is 0 Å². The summed E-state index contributed by atoms with van der Waals surface area (Å²) in [4.78, 5) is 23.7. The van der Waals surface area contributed by atoms with Crippen molar-refractivity contribution in [3.8, 4) is 11.3 Å². The molecule has 0 aliphatic carbocycles. The predicted octanol–water partition coefficient (Wildman–Crippen LogP) is 1.78. The summed E-state index contributed by atoms with van der Waals surface area (Å²) in [5, 5.41) is 3.90. The van der Waals surface area contributed by atoms with Gasteiger partial charge in [-0.15, -0.1) is 0 Å². The van der Waals surface area contributed by atoms with Gasteiger partial charge in [0, 0.05) is 42.0 Å². The Morgan fingerprint density at radius 3 is 2.67 bits per heavy atom. The van der Waals surface area contributed by atoms with Gasteiger partial charge in [0.1, 0.15) is 5.69 Å². The van der Waals surface area contributed by atoms with E-state index in [9.17, 15) is 13.2 Å². The van der Waals surface area contributed by atoms with Gasteiger partial charge in [0.15, 0.2) is 15.7 Å². The van der Waals surface area contributed by atoms with Gasteiger partial charge in [-0.05, 0) is 31.1 Å². The minimum atomic E-state index is -3.21. The molecule has 0 radical (unpaired) electrons. The lowest BCUT2D eigenvalue weighted by molar-refractivity contribution is 0.0947. The molecule has 0 saturated carbocycles. The minimum absolute atomic E-state index is 0.0955. The molecule has 1 aromatic carbocycles.